The van der Waals surface area contributed by atoms with Crippen LogP contribution in [0.5, 0.6) is 5.88 Å². The van der Waals surface area contributed by atoms with Gasteiger partial charge in [-0.15, -0.1) is 0 Å². The number of carbonyl (C=O) groups is 1. The van der Waals surface area contributed by atoms with Crippen LogP contribution in [0.3, 0.4) is 0 Å². The molecule has 4 nitrogen and oxygen atoms in total. The van der Waals surface area contributed by atoms with E-state index in [0.717, 1.165) is 0 Å². The van der Waals surface area contributed by atoms with Crippen molar-refractivity contribution in [2.75, 3.05) is 7.11 Å². The van der Waals surface area contributed by atoms with Gasteiger partial charge in [-0.05, 0) is 6.07 Å². The summed E-state index contributed by atoms with van der Waals surface area (Å²) in [6, 6.07) is 8.31. The highest BCUT2D eigenvalue weighted by atomic mass is 16.5. The third-order valence-corrected chi connectivity index (χ3v) is 2.12. The second-order valence-corrected chi connectivity index (χ2v) is 3.02. The summed E-state index contributed by atoms with van der Waals surface area (Å²) < 4.78 is 4.91. The van der Waals surface area contributed by atoms with E-state index in [2.05, 4.69) is 4.98 Å². The Balaban J connectivity index is 2.80. The van der Waals surface area contributed by atoms with Gasteiger partial charge in [-0.3, -0.25) is 0 Å². The van der Waals surface area contributed by atoms with Crippen molar-refractivity contribution in [1.29, 1.82) is 0 Å². The number of para-hydroxylation sites is 1. The average Bonchev–Trinajstić information content (AvgIpc) is 2.27. The fourth-order valence-electron chi connectivity index (χ4n) is 1.42. The Morgan fingerprint density at radius 1 is 1.40 bits per heavy atom. The summed E-state index contributed by atoms with van der Waals surface area (Å²) in [5, 5.41) is 11.4. The van der Waals surface area contributed by atoms with E-state index in [9.17, 15) is 9.90 Å². The molecule has 2 aromatic rings. The van der Waals surface area contributed by atoms with Crippen molar-refractivity contribution in [1.82, 2.24) is 4.98 Å². The number of benzene rings is 1. The summed E-state index contributed by atoms with van der Waals surface area (Å²) >= 11 is 0. The first-order valence-electron chi connectivity index (χ1n) is 4.37. The minimum atomic E-state index is -1.23. The number of rotatable bonds is 2. The van der Waals surface area contributed by atoms with Gasteiger partial charge in [-0.2, -0.15) is 0 Å². The fourth-order valence-corrected chi connectivity index (χ4v) is 1.42. The highest BCUT2D eigenvalue weighted by Crippen LogP contribution is 2.20. The van der Waals surface area contributed by atoms with Crippen LogP contribution >= 0.6 is 0 Å². The van der Waals surface area contributed by atoms with Gasteiger partial charge in [0.15, 0.2) is 0 Å². The summed E-state index contributed by atoms with van der Waals surface area (Å²) in [6.45, 7) is 0. The Kier molecular flexibility index (Phi) is 2.25. The predicted molar refractivity (Wildman–Crippen MR) is 52.6 cm³/mol. The molecule has 1 aromatic carbocycles. The number of carbonyl (C=O) groups excluding carboxylic acids is 1. The number of methoxy groups -OCH3 is 1. The summed E-state index contributed by atoms with van der Waals surface area (Å²) in [5.41, 5.74) is 0.675. The van der Waals surface area contributed by atoms with Crippen molar-refractivity contribution in [2.24, 2.45) is 0 Å². The smallest absolute Gasteiger partial charge is 0.214 e. The molecule has 0 aliphatic rings. The molecule has 0 unspecified atom stereocenters. The van der Waals surface area contributed by atoms with Gasteiger partial charge in [-0.1, -0.05) is 18.2 Å². The molecule has 0 aliphatic carbocycles. The molecule has 1 heterocycles. The summed E-state index contributed by atoms with van der Waals surface area (Å²) in [4.78, 5) is 15.0. The van der Waals surface area contributed by atoms with E-state index in [0.29, 0.717) is 10.9 Å². The highest BCUT2D eigenvalue weighted by molar-refractivity contribution is 6.01. The third-order valence-electron chi connectivity index (χ3n) is 2.12. The molecule has 4 heteroatoms. The molecule has 2 rings (SSSR count). The predicted octanol–water partition coefficient (Wildman–Crippen LogP) is 0.607. The van der Waals surface area contributed by atoms with Crippen molar-refractivity contribution >= 4 is 16.9 Å². The number of hydrogen-bond donors (Lipinski definition) is 0. The minimum absolute atomic E-state index is 0.0949. The molecular weight excluding hydrogens is 194 g/mol. The molecule has 0 atom stereocenters. The highest BCUT2D eigenvalue weighted by Gasteiger charge is 2.05. The SMILES string of the molecule is COc1cc(C(=O)[O-])c2ccccc2n1. The number of hydrogen-bond acceptors (Lipinski definition) is 4. The lowest BCUT2D eigenvalue weighted by Crippen LogP contribution is -2.22. The number of aromatic nitrogens is 1. The fraction of sp³-hybridized carbons (Fsp3) is 0.0909. The third kappa shape index (κ3) is 1.61. The molecule has 1 aromatic heterocycles. The van der Waals surface area contributed by atoms with Crippen molar-refractivity contribution in [2.45, 2.75) is 0 Å². The lowest BCUT2D eigenvalue weighted by molar-refractivity contribution is -0.254. The van der Waals surface area contributed by atoms with Crippen molar-refractivity contribution in [3.8, 4) is 5.88 Å². The number of ether oxygens (including phenoxy) is 1. The lowest BCUT2D eigenvalue weighted by Gasteiger charge is -2.08. The maximum absolute atomic E-state index is 10.9. The van der Waals surface area contributed by atoms with Gasteiger partial charge in [0.05, 0.1) is 18.6 Å². The van der Waals surface area contributed by atoms with E-state index < -0.39 is 5.97 Å². The van der Waals surface area contributed by atoms with E-state index in [-0.39, 0.29) is 11.4 Å². The maximum Gasteiger partial charge on any atom is 0.214 e. The van der Waals surface area contributed by atoms with Gasteiger partial charge >= 0.3 is 0 Å². The summed E-state index contributed by atoms with van der Waals surface area (Å²) in [6.07, 6.45) is 0. The van der Waals surface area contributed by atoms with Crippen LogP contribution in [0.2, 0.25) is 0 Å². The number of pyridine rings is 1. The minimum Gasteiger partial charge on any atom is -0.545 e. The number of carboxylic acids is 1. The zero-order valence-electron chi connectivity index (χ0n) is 8.06. The molecule has 0 saturated carbocycles. The topological polar surface area (TPSA) is 62.2 Å². The van der Waals surface area contributed by atoms with E-state index in [1.165, 1.54) is 13.2 Å². The van der Waals surface area contributed by atoms with Crippen LogP contribution in [0.15, 0.2) is 30.3 Å². The number of nitrogens with zero attached hydrogens (tertiary/aromatic N) is 1. The van der Waals surface area contributed by atoms with Gasteiger partial charge in [0, 0.05) is 17.0 Å². The van der Waals surface area contributed by atoms with Crippen LogP contribution in [0.25, 0.3) is 10.9 Å². The van der Waals surface area contributed by atoms with E-state index in [1.807, 2.05) is 0 Å². The van der Waals surface area contributed by atoms with Crippen LogP contribution < -0.4 is 9.84 Å². The monoisotopic (exact) mass is 202 g/mol. The second-order valence-electron chi connectivity index (χ2n) is 3.02. The maximum atomic E-state index is 10.9. The van der Waals surface area contributed by atoms with Crippen LogP contribution in [-0.4, -0.2) is 18.1 Å². The van der Waals surface area contributed by atoms with E-state index in [4.69, 9.17) is 4.74 Å². The molecule has 0 fully saturated rings. The zero-order valence-corrected chi connectivity index (χ0v) is 8.06. The van der Waals surface area contributed by atoms with Gasteiger partial charge in [-0.25, -0.2) is 4.98 Å². The van der Waals surface area contributed by atoms with Crippen molar-refractivity contribution < 1.29 is 14.6 Å². The molecular formula is C11H8NO3-. The Morgan fingerprint density at radius 3 is 2.80 bits per heavy atom. The summed E-state index contributed by atoms with van der Waals surface area (Å²) in [7, 11) is 1.44. The normalized spacial score (nSPS) is 10.2. The molecule has 0 amide bonds. The molecule has 0 bridgehead atoms. The summed E-state index contributed by atoms with van der Waals surface area (Å²) in [5.74, 6) is -0.959. The van der Waals surface area contributed by atoms with Gasteiger partial charge in [0.2, 0.25) is 5.88 Å². The first-order chi connectivity index (χ1) is 7.22. The van der Waals surface area contributed by atoms with Crippen LogP contribution in [0.1, 0.15) is 10.4 Å². The Morgan fingerprint density at radius 2 is 2.13 bits per heavy atom. The zero-order chi connectivity index (χ0) is 10.8. The van der Waals surface area contributed by atoms with Crippen molar-refractivity contribution in [3.05, 3.63) is 35.9 Å². The Hall–Kier alpha value is -2.10. The molecule has 15 heavy (non-hydrogen) atoms. The Bertz CT molecular complexity index is 522. The molecule has 0 saturated heterocycles. The van der Waals surface area contributed by atoms with E-state index >= 15 is 0 Å². The quantitative estimate of drug-likeness (QED) is 0.715. The standard InChI is InChI=1S/C11H9NO3/c1-15-10-6-8(11(13)14)7-4-2-3-5-9(7)12-10/h2-6H,1H3,(H,13,14)/p-1. The average molecular weight is 202 g/mol. The second kappa shape index (κ2) is 3.57. The van der Waals surface area contributed by atoms with Crippen LogP contribution in [0.4, 0.5) is 0 Å². The molecule has 0 N–H and O–H groups in total. The molecule has 0 radical (unpaired) electrons. The molecule has 0 spiro atoms. The molecule has 76 valence electrons. The van der Waals surface area contributed by atoms with Gasteiger partial charge in [0.1, 0.15) is 0 Å². The number of carboxylic acid groups (broad SMARTS) is 1. The first kappa shape index (κ1) is 9.45. The Labute approximate surface area is 86.1 Å². The first-order valence-corrected chi connectivity index (χ1v) is 4.37. The lowest BCUT2D eigenvalue weighted by atomic mass is 10.1. The van der Waals surface area contributed by atoms with Gasteiger partial charge < -0.3 is 14.6 Å². The van der Waals surface area contributed by atoms with Crippen LogP contribution in [-0.2, 0) is 0 Å². The molecule has 0 aliphatic heterocycles. The van der Waals surface area contributed by atoms with Crippen LogP contribution in [0, 0.1) is 0 Å². The van der Waals surface area contributed by atoms with Gasteiger partial charge in [0.25, 0.3) is 0 Å². The van der Waals surface area contributed by atoms with E-state index in [1.54, 1.807) is 24.3 Å². The number of aromatic carboxylic acids is 1. The number of fused-ring (bicyclic) bond motifs is 1. The largest absolute Gasteiger partial charge is 0.545 e. The van der Waals surface area contributed by atoms with Crippen molar-refractivity contribution in [3.63, 3.8) is 0 Å².